The van der Waals surface area contributed by atoms with E-state index >= 15 is 0 Å². The lowest BCUT2D eigenvalue weighted by Gasteiger charge is -2.26. The number of benzene rings is 2. The van der Waals surface area contributed by atoms with Gasteiger partial charge in [-0.2, -0.15) is 0 Å². The molecule has 2 aromatic rings. The number of rotatable bonds is 7. The Bertz CT molecular complexity index is 556. The molecule has 0 aromatic heterocycles. The van der Waals surface area contributed by atoms with Gasteiger partial charge in [0.25, 0.3) is 0 Å². The Labute approximate surface area is 140 Å². The van der Waals surface area contributed by atoms with Crippen molar-refractivity contribution in [1.29, 1.82) is 0 Å². The second-order valence-corrected chi connectivity index (χ2v) is 6.55. The Balaban J connectivity index is 1.39. The predicted molar refractivity (Wildman–Crippen MR) is 98.8 cm³/mol. The number of likely N-dealkylation sites (tertiary alicyclic amines) is 1. The van der Waals surface area contributed by atoms with Crippen molar-refractivity contribution >= 4 is 5.69 Å². The first-order valence-corrected chi connectivity index (χ1v) is 8.99. The van der Waals surface area contributed by atoms with Gasteiger partial charge in [0.2, 0.25) is 0 Å². The molecule has 0 aliphatic carbocycles. The maximum absolute atomic E-state index is 3.53. The van der Waals surface area contributed by atoms with Gasteiger partial charge >= 0.3 is 0 Å². The van der Waals surface area contributed by atoms with Gasteiger partial charge in [0.15, 0.2) is 0 Å². The molecule has 2 nitrogen and oxygen atoms in total. The summed E-state index contributed by atoms with van der Waals surface area (Å²) in [4.78, 5) is 2.58. The molecule has 0 saturated carbocycles. The minimum Gasteiger partial charge on any atom is -0.385 e. The number of hydrogen-bond acceptors (Lipinski definition) is 2. The zero-order chi connectivity index (χ0) is 15.7. The Kier molecular flexibility index (Phi) is 6.10. The van der Waals surface area contributed by atoms with E-state index in [1.165, 1.54) is 55.6 Å². The van der Waals surface area contributed by atoms with Crippen LogP contribution >= 0.6 is 0 Å². The van der Waals surface area contributed by atoms with Crippen LogP contribution in [-0.4, -0.2) is 24.5 Å². The summed E-state index contributed by atoms with van der Waals surface area (Å²) in [6.45, 7) is 4.66. The standard InChI is InChI=1S/C21H28N2/c1-3-8-19(9-4-1)10-7-15-22-21-13-11-20(12-14-21)18-23-16-5-2-6-17-23/h1,3-4,8-9,11-14,22H,2,5-7,10,15-18H2. The highest BCUT2D eigenvalue weighted by Crippen LogP contribution is 2.15. The van der Waals surface area contributed by atoms with Crippen LogP contribution in [0.4, 0.5) is 5.69 Å². The molecule has 1 saturated heterocycles. The van der Waals surface area contributed by atoms with Crippen molar-refractivity contribution < 1.29 is 0 Å². The maximum Gasteiger partial charge on any atom is 0.0340 e. The molecule has 1 aliphatic rings. The van der Waals surface area contributed by atoms with E-state index in [0.29, 0.717) is 0 Å². The van der Waals surface area contributed by atoms with Crippen LogP contribution in [0.5, 0.6) is 0 Å². The van der Waals surface area contributed by atoms with Crippen LogP contribution in [0.15, 0.2) is 54.6 Å². The average molecular weight is 308 g/mol. The van der Waals surface area contributed by atoms with E-state index in [9.17, 15) is 0 Å². The summed E-state index contributed by atoms with van der Waals surface area (Å²) in [6, 6.07) is 19.7. The number of nitrogens with zero attached hydrogens (tertiary/aromatic N) is 1. The molecule has 2 heteroatoms. The lowest BCUT2D eigenvalue weighted by molar-refractivity contribution is 0.221. The molecule has 0 atom stereocenters. The SMILES string of the molecule is c1ccc(CCCNc2ccc(CN3CCCCC3)cc2)cc1. The van der Waals surface area contributed by atoms with Gasteiger partial charge < -0.3 is 5.32 Å². The monoisotopic (exact) mass is 308 g/mol. The van der Waals surface area contributed by atoms with E-state index in [0.717, 1.165) is 19.5 Å². The Hall–Kier alpha value is -1.80. The van der Waals surface area contributed by atoms with Gasteiger partial charge in [0.05, 0.1) is 0 Å². The summed E-state index contributed by atoms with van der Waals surface area (Å²) in [5.74, 6) is 0. The van der Waals surface area contributed by atoms with Crippen LogP contribution in [0.1, 0.15) is 36.8 Å². The highest BCUT2D eigenvalue weighted by Gasteiger charge is 2.09. The third-order valence-electron chi connectivity index (χ3n) is 4.62. The smallest absolute Gasteiger partial charge is 0.0340 e. The third-order valence-corrected chi connectivity index (χ3v) is 4.62. The lowest BCUT2D eigenvalue weighted by atomic mass is 10.1. The van der Waals surface area contributed by atoms with Gasteiger partial charge in [-0.25, -0.2) is 0 Å². The first-order chi connectivity index (χ1) is 11.4. The normalized spacial score (nSPS) is 15.5. The quantitative estimate of drug-likeness (QED) is 0.745. The Morgan fingerprint density at radius 1 is 0.783 bits per heavy atom. The second kappa shape index (κ2) is 8.73. The fourth-order valence-corrected chi connectivity index (χ4v) is 3.27. The van der Waals surface area contributed by atoms with Gasteiger partial charge in [-0.1, -0.05) is 48.9 Å². The molecule has 122 valence electrons. The average Bonchev–Trinajstić information content (AvgIpc) is 2.62. The topological polar surface area (TPSA) is 15.3 Å². The Morgan fingerprint density at radius 3 is 2.26 bits per heavy atom. The molecule has 1 heterocycles. The highest BCUT2D eigenvalue weighted by atomic mass is 15.1. The summed E-state index contributed by atoms with van der Waals surface area (Å²) < 4.78 is 0. The predicted octanol–water partition coefficient (Wildman–Crippen LogP) is 4.72. The molecule has 2 aromatic carbocycles. The van der Waals surface area contributed by atoms with Gasteiger partial charge in [0.1, 0.15) is 0 Å². The van der Waals surface area contributed by atoms with Crippen molar-refractivity contribution in [2.75, 3.05) is 25.0 Å². The largest absolute Gasteiger partial charge is 0.385 e. The van der Waals surface area contributed by atoms with Gasteiger partial charge in [0, 0.05) is 18.8 Å². The molecule has 0 amide bonds. The third kappa shape index (κ3) is 5.40. The first kappa shape index (κ1) is 16.1. The number of hydrogen-bond donors (Lipinski definition) is 1. The number of nitrogens with one attached hydrogen (secondary N) is 1. The van der Waals surface area contributed by atoms with Crippen LogP contribution in [0, 0.1) is 0 Å². The van der Waals surface area contributed by atoms with Crippen LogP contribution < -0.4 is 5.32 Å². The summed E-state index contributed by atoms with van der Waals surface area (Å²) in [5, 5.41) is 3.53. The lowest BCUT2D eigenvalue weighted by Crippen LogP contribution is -2.29. The minimum absolute atomic E-state index is 1.03. The number of aryl methyl sites for hydroxylation is 1. The van der Waals surface area contributed by atoms with E-state index in [1.807, 2.05) is 0 Å². The first-order valence-electron chi connectivity index (χ1n) is 8.99. The minimum atomic E-state index is 1.03. The van der Waals surface area contributed by atoms with Crippen molar-refractivity contribution in [3.05, 3.63) is 65.7 Å². The molecule has 1 aliphatic heterocycles. The van der Waals surface area contributed by atoms with Gasteiger partial charge in [-0.05, 0) is 62.0 Å². The van der Waals surface area contributed by atoms with Crippen molar-refractivity contribution in [2.45, 2.75) is 38.6 Å². The Morgan fingerprint density at radius 2 is 1.52 bits per heavy atom. The van der Waals surface area contributed by atoms with Crippen LogP contribution in [-0.2, 0) is 13.0 Å². The zero-order valence-electron chi connectivity index (χ0n) is 14.0. The number of piperidine rings is 1. The summed E-state index contributed by atoms with van der Waals surface area (Å²) in [7, 11) is 0. The molecule has 23 heavy (non-hydrogen) atoms. The van der Waals surface area contributed by atoms with E-state index < -0.39 is 0 Å². The molecule has 0 unspecified atom stereocenters. The van der Waals surface area contributed by atoms with Crippen molar-refractivity contribution in [3.8, 4) is 0 Å². The molecule has 0 bridgehead atoms. The summed E-state index contributed by atoms with van der Waals surface area (Å²) >= 11 is 0. The highest BCUT2D eigenvalue weighted by molar-refractivity contribution is 5.44. The molecule has 0 spiro atoms. The van der Waals surface area contributed by atoms with E-state index in [4.69, 9.17) is 0 Å². The van der Waals surface area contributed by atoms with Gasteiger partial charge in [-0.3, -0.25) is 4.90 Å². The molecule has 1 fully saturated rings. The van der Waals surface area contributed by atoms with Crippen LogP contribution in [0.3, 0.4) is 0 Å². The van der Waals surface area contributed by atoms with Crippen molar-refractivity contribution in [1.82, 2.24) is 4.90 Å². The zero-order valence-corrected chi connectivity index (χ0v) is 14.0. The van der Waals surface area contributed by atoms with E-state index in [2.05, 4.69) is 64.8 Å². The van der Waals surface area contributed by atoms with Crippen molar-refractivity contribution in [2.24, 2.45) is 0 Å². The fourth-order valence-electron chi connectivity index (χ4n) is 3.27. The molecular formula is C21H28N2. The molecule has 0 radical (unpaired) electrons. The van der Waals surface area contributed by atoms with E-state index in [-0.39, 0.29) is 0 Å². The van der Waals surface area contributed by atoms with E-state index in [1.54, 1.807) is 0 Å². The van der Waals surface area contributed by atoms with Crippen LogP contribution in [0.2, 0.25) is 0 Å². The maximum atomic E-state index is 3.53. The second-order valence-electron chi connectivity index (χ2n) is 6.55. The number of anilines is 1. The van der Waals surface area contributed by atoms with Crippen LogP contribution in [0.25, 0.3) is 0 Å². The molecule has 1 N–H and O–H groups in total. The summed E-state index contributed by atoms with van der Waals surface area (Å²) in [5.41, 5.74) is 4.09. The molecular weight excluding hydrogens is 280 g/mol. The van der Waals surface area contributed by atoms with Gasteiger partial charge in [-0.15, -0.1) is 0 Å². The summed E-state index contributed by atoms with van der Waals surface area (Å²) in [6.07, 6.45) is 6.44. The fraction of sp³-hybridized carbons (Fsp3) is 0.429. The van der Waals surface area contributed by atoms with Crippen molar-refractivity contribution in [3.63, 3.8) is 0 Å². The molecule has 3 rings (SSSR count).